The maximum absolute atomic E-state index is 13.3. The number of halogens is 2. The molecule has 0 saturated heterocycles. The number of hydrogen-bond donors (Lipinski definition) is 1. The highest BCUT2D eigenvalue weighted by atomic mass is 35.5. The van der Waals surface area contributed by atoms with Crippen molar-refractivity contribution in [1.29, 1.82) is 0 Å². The fourth-order valence-electron chi connectivity index (χ4n) is 1.15. The summed E-state index contributed by atoms with van der Waals surface area (Å²) in [5.41, 5.74) is 5.84. The Morgan fingerprint density at radius 3 is 2.88 bits per heavy atom. The van der Waals surface area contributed by atoms with Crippen molar-refractivity contribution in [2.45, 2.75) is 5.75 Å². The van der Waals surface area contributed by atoms with E-state index in [0.29, 0.717) is 36.1 Å². The van der Waals surface area contributed by atoms with Crippen molar-refractivity contribution in [3.63, 3.8) is 0 Å². The average Bonchev–Trinajstić information content (AvgIpc) is 2.26. The van der Waals surface area contributed by atoms with Crippen LogP contribution in [0, 0.1) is 5.82 Å². The molecule has 0 aliphatic rings. The summed E-state index contributed by atoms with van der Waals surface area (Å²) in [5, 5.41) is 0.482. The highest BCUT2D eigenvalue weighted by Crippen LogP contribution is 2.23. The van der Waals surface area contributed by atoms with E-state index in [1.807, 2.05) is 0 Å². The maximum atomic E-state index is 13.3. The monoisotopic (exact) mass is 263 g/mol. The predicted molar refractivity (Wildman–Crippen MR) is 67.4 cm³/mol. The van der Waals surface area contributed by atoms with E-state index in [1.54, 1.807) is 23.9 Å². The Morgan fingerprint density at radius 1 is 1.38 bits per heavy atom. The van der Waals surface area contributed by atoms with E-state index in [0.717, 1.165) is 5.75 Å². The Balaban J connectivity index is 2.26. The van der Waals surface area contributed by atoms with E-state index in [9.17, 15) is 4.39 Å². The SMILES string of the molecule is NCCOCCSCc1c(F)cccc1Cl. The van der Waals surface area contributed by atoms with Gasteiger partial charge in [-0.25, -0.2) is 4.39 Å². The molecule has 0 unspecified atom stereocenters. The molecule has 2 nitrogen and oxygen atoms in total. The summed E-state index contributed by atoms with van der Waals surface area (Å²) < 4.78 is 18.5. The van der Waals surface area contributed by atoms with Gasteiger partial charge in [0.25, 0.3) is 0 Å². The van der Waals surface area contributed by atoms with Crippen LogP contribution in [0.15, 0.2) is 18.2 Å². The van der Waals surface area contributed by atoms with Gasteiger partial charge in [0.15, 0.2) is 0 Å². The summed E-state index contributed by atoms with van der Waals surface area (Å²) in [6.07, 6.45) is 0. The second kappa shape index (κ2) is 7.90. The summed E-state index contributed by atoms with van der Waals surface area (Å²) in [6, 6.07) is 4.73. The Hall–Kier alpha value is -0.290. The van der Waals surface area contributed by atoms with Crippen molar-refractivity contribution in [2.75, 3.05) is 25.5 Å². The smallest absolute Gasteiger partial charge is 0.128 e. The fraction of sp³-hybridized carbons (Fsp3) is 0.455. The zero-order valence-corrected chi connectivity index (χ0v) is 10.5. The molecule has 16 heavy (non-hydrogen) atoms. The predicted octanol–water partition coefficient (Wildman–Crippen LogP) is 2.69. The minimum absolute atomic E-state index is 0.247. The molecule has 0 spiro atoms. The van der Waals surface area contributed by atoms with Crippen molar-refractivity contribution >= 4 is 23.4 Å². The van der Waals surface area contributed by atoms with Gasteiger partial charge in [-0.3, -0.25) is 0 Å². The Morgan fingerprint density at radius 2 is 2.19 bits per heavy atom. The van der Waals surface area contributed by atoms with Crippen LogP contribution < -0.4 is 5.73 Å². The van der Waals surface area contributed by atoms with E-state index in [4.69, 9.17) is 22.1 Å². The average molecular weight is 264 g/mol. The van der Waals surface area contributed by atoms with Crippen LogP contribution in [-0.2, 0) is 10.5 Å². The van der Waals surface area contributed by atoms with E-state index in [-0.39, 0.29) is 5.82 Å². The van der Waals surface area contributed by atoms with Crippen LogP contribution in [0.1, 0.15) is 5.56 Å². The van der Waals surface area contributed by atoms with Crippen LogP contribution >= 0.6 is 23.4 Å². The number of rotatable bonds is 7. The summed E-state index contributed by atoms with van der Waals surface area (Å²) in [5.74, 6) is 1.13. The molecular formula is C11H15ClFNOS. The molecule has 0 saturated carbocycles. The Kier molecular flexibility index (Phi) is 6.80. The number of ether oxygens (including phenoxy) is 1. The Labute approximate surface area is 104 Å². The fourth-order valence-corrected chi connectivity index (χ4v) is 2.33. The van der Waals surface area contributed by atoms with Gasteiger partial charge in [-0.05, 0) is 12.1 Å². The van der Waals surface area contributed by atoms with Gasteiger partial charge >= 0.3 is 0 Å². The molecule has 0 atom stereocenters. The van der Waals surface area contributed by atoms with Gasteiger partial charge in [0, 0.05) is 28.6 Å². The molecule has 0 fully saturated rings. The van der Waals surface area contributed by atoms with Crippen molar-refractivity contribution in [3.05, 3.63) is 34.6 Å². The molecule has 0 aromatic heterocycles. The molecule has 5 heteroatoms. The van der Waals surface area contributed by atoms with E-state index >= 15 is 0 Å². The molecule has 0 heterocycles. The van der Waals surface area contributed by atoms with E-state index in [1.165, 1.54) is 6.07 Å². The lowest BCUT2D eigenvalue weighted by Gasteiger charge is -2.06. The lowest BCUT2D eigenvalue weighted by molar-refractivity contribution is 0.158. The number of benzene rings is 1. The van der Waals surface area contributed by atoms with Crippen LogP contribution in [-0.4, -0.2) is 25.5 Å². The standard InChI is InChI=1S/C11H15ClFNOS/c12-10-2-1-3-11(13)9(10)8-16-7-6-15-5-4-14/h1-3H,4-8,14H2. The highest BCUT2D eigenvalue weighted by molar-refractivity contribution is 7.98. The summed E-state index contributed by atoms with van der Waals surface area (Å²) in [4.78, 5) is 0. The molecule has 0 aliphatic carbocycles. The number of hydrogen-bond acceptors (Lipinski definition) is 3. The lowest BCUT2D eigenvalue weighted by atomic mass is 10.2. The van der Waals surface area contributed by atoms with Gasteiger partial charge in [-0.2, -0.15) is 11.8 Å². The van der Waals surface area contributed by atoms with Crippen molar-refractivity contribution in [2.24, 2.45) is 5.73 Å². The van der Waals surface area contributed by atoms with E-state index < -0.39 is 0 Å². The normalized spacial score (nSPS) is 10.7. The van der Waals surface area contributed by atoms with Gasteiger partial charge in [-0.1, -0.05) is 17.7 Å². The first-order valence-corrected chi connectivity index (χ1v) is 6.57. The van der Waals surface area contributed by atoms with Crippen LogP contribution in [0.4, 0.5) is 4.39 Å². The first-order valence-electron chi connectivity index (χ1n) is 5.04. The third-order valence-electron chi connectivity index (χ3n) is 1.94. The molecule has 1 aromatic rings. The topological polar surface area (TPSA) is 35.2 Å². The summed E-state index contributed by atoms with van der Waals surface area (Å²) >= 11 is 7.49. The van der Waals surface area contributed by atoms with Crippen LogP contribution in [0.2, 0.25) is 5.02 Å². The van der Waals surface area contributed by atoms with Crippen LogP contribution in [0.25, 0.3) is 0 Å². The van der Waals surface area contributed by atoms with Crippen molar-refractivity contribution in [3.8, 4) is 0 Å². The van der Waals surface area contributed by atoms with E-state index in [2.05, 4.69) is 0 Å². The molecule has 0 radical (unpaired) electrons. The number of nitrogens with two attached hydrogens (primary N) is 1. The summed E-state index contributed by atoms with van der Waals surface area (Å²) in [7, 11) is 0. The molecule has 0 bridgehead atoms. The first-order chi connectivity index (χ1) is 7.75. The van der Waals surface area contributed by atoms with Crippen molar-refractivity contribution < 1.29 is 9.13 Å². The number of thioether (sulfide) groups is 1. The second-order valence-corrected chi connectivity index (χ2v) is 4.67. The minimum Gasteiger partial charge on any atom is -0.379 e. The molecular weight excluding hydrogens is 249 g/mol. The molecule has 2 N–H and O–H groups in total. The third kappa shape index (κ3) is 4.70. The zero-order valence-electron chi connectivity index (χ0n) is 8.92. The largest absolute Gasteiger partial charge is 0.379 e. The maximum Gasteiger partial charge on any atom is 0.128 e. The first kappa shape index (κ1) is 13.8. The second-order valence-electron chi connectivity index (χ2n) is 3.15. The zero-order chi connectivity index (χ0) is 11.8. The van der Waals surface area contributed by atoms with Crippen LogP contribution in [0.5, 0.6) is 0 Å². The minimum atomic E-state index is -0.247. The van der Waals surface area contributed by atoms with Crippen molar-refractivity contribution in [1.82, 2.24) is 0 Å². The molecule has 0 amide bonds. The van der Waals surface area contributed by atoms with Gasteiger partial charge < -0.3 is 10.5 Å². The third-order valence-corrected chi connectivity index (χ3v) is 3.24. The van der Waals surface area contributed by atoms with Gasteiger partial charge in [0.05, 0.1) is 13.2 Å². The molecule has 1 aromatic carbocycles. The van der Waals surface area contributed by atoms with Gasteiger partial charge in [-0.15, -0.1) is 0 Å². The van der Waals surface area contributed by atoms with Gasteiger partial charge in [0.1, 0.15) is 5.82 Å². The lowest BCUT2D eigenvalue weighted by Crippen LogP contribution is -2.09. The van der Waals surface area contributed by atoms with Crippen LogP contribution in [0.3, 0.4) is 0 Å². The highest BCUT2D eigenvalue weighted by Gasteiger charge is 2.06. The summed E-state index contributed by atoms with van der Waals surface area (Å²) in [6.45, 7) is 1.73. The molecule has 1 rings (SSSR count). The quantitative estimate of drug-likeness (QED) is 0.769. The molecule has 90 valence electrons. The Bertz CT molecular complexity index is 305. The molecule has 0 aliphatic heterocycles. The van der Waals surface area contributed by atoms with Gasteiger partial charge in [0.2, 0.25) is 0 Å².